The van der Waals surface area contributed by atoms with Crippen LogP contribution in [0.1, 0.15) is 0 Å². The Balaban J connectivity index is 1.66. The molecule has 2 heterocycles. The minimum atomic E-state index is -0.238. The topological polar surface area (TPSA) is 63.9 Å². The van der Waals surface area contributed by atoms with Crippen LogP contribution >= 0.6 is 39.0 Å². The highest BCUT2D eigenvalue weighted by Gasteiger charge is 2.17. The summed E-state index contributed by atoms with van der Waals surface area (Å²) in [5.74, 6) is 0.276. The summed E-state index contributed by atoms with van der Waals surface area (Å²) in [7, 11) is 0. The molecule has 0 spiro atoms. The van der Waals surface area contributed by atoms with Gasteiger partial charge < -0.3 is 14.2 Å². The Morgan fingerprint density at radius 1 is 1.33 bits per heavy atom. The van der Waals surface area contributed by atoms with Crippen molar-refractivity contribution >= 4 is 61.1 Å². The number of hydrogen-bond donors (Lipinski definition) is 0. The van der Waals surface area contributed by atoms with E-state index < -0.39 is 0 Å². The lowest BCUT2D eigenvalue weighted by Crippen LogP contribution is -2.41. The molecule has 144 valence electrons. The highest BCUT2D eigenvalue weighted by Crippen LogP contribution is 2.22. The number of carbonyl (C=O) groups is 2. The van der Waals surface area contributed by atoms with Crippen LogP contribution in [0.2, 0.25) is 0 Å². The Hall–Kier alpha value is -1.42. The van der Waals surface area contributed by atoms with Crippen LogP contribution < -0.4 is 4.80 Å². The maximum Gasteiger partial charge on any atom is 0.258 e. The number of benzene rings is 1. The molecular formula is C18H20BrN3O3S2. The molecule has 1 fully saturated rings. The van der Waals surface area contributed by atoms with E-state index >= 15 is 0 Å². The second kappa shape index (κ2) is 9.68. The molecule has 27 heavy (non-hydrogen) atoms. The number of amides is 2. The van der Waals surface area contributed by atoms with Crippen molar-refractivity contribution in [3.05, 3.63) is 40.1 Å². The van der Waals surface area contributed by atoms with Gasteiger partial charge in [0, 0.05) is 24.1 Å². The Morgan fingerprint density at radius 2 is 2.11 bits per heavy atom. The maximum absolute atomic E-state index is 12.3. The highest BCUT2D eigenvalue weighted by atomic mass is 79.9. The number of carbonyl (C=O) groups excluding carboxylic acids is 2. The molecule has 2 amide bonds. The second-order valence-electron chi connectivity index (χ2n) is 5.89. The summed E-state index contributed by atoms with van der Waals surface area (Å²) in [5.41, 5.74) is 1.02. The number of thioether (sulfide) groups is 1. The number of ether oxygens (including phenoxy) is 1. The fourth-order valence-corrected chi connectivity index (χ4v) is 5.01. The van der Waals surface area contributed by atoms with Gasteiger partial charge in [0.25, 0.3) is 5.91 Å². The zero-order valence-corrected chi connectivity index (χ0v) is 17.9. The van der Waals surface area contributed by atoms with E-state index in [2.05, 4.69) is 27.5 Å². The lowest BCUT2D eigenvalue weighted by molar-refractivity contribution is -0.132. The summed E-state index contributed by atoms with van der Waals surface area (Å²) in [6, 6.07) is 5.98. The molecule has 0 N–H and O–H groups in total. The van der Waals surface area contributed by atoms with Gasteiger partial charge in [-0.05, 0) is 18.2 Å². The molecule has 3 rings (SSSR count). The van der Waals surface area contributed by atoms with Crippen LogP contribution in [-0.2, 0) is 20.9 Å². The Morgan fingerprint density at radius 3 is 2.85 bits per heavy atom. The van der Waals surface area contributed by atoms with Crippen LogP contribution in [0, 0.1) is 0 Å². The van der Waals surface area contributed by atoms with Crippen molar-refractivity contribution in [3.8, 4) is 0 Å². The van der Waals surface area contributed by atoms with Crippen LogP contribution in [0.3, 0.4) is 0 Å². The second-order valence-corrected chi connectivity index (χ2v) is 8.80. The molecule has 0 bridgehead atoms. The lowest BCUT2D eigenvalue weighted by Gasteiger charge is -2.26. The highest BCUT2D eigenvalue weighted by molar-refractivity contribution is 9.10. The molecular weight excluding hydrogens is 450 g/mol. The van der Waals surface area contributed by atoms with Crippen LogP contribution in [0.5, 0.6) is 0 Å². The number of halogens is 1. The first-order chi connectivity index (χ1) is 13.1. The molecule has 0 aliphatic carbocycles. The van der Waals surface area contributed by atoms with Crippen molar-refractivity contribution in [1.29, 1.82) is 0 Å². The monoisotopic (exact) mass is 469 g/mol. The molecule has 0 unspecified atom stereocenters. The fourth-order valence-electron chi connectivity index (χ4n) is 2.71. The van der Waals surface area contributed by atoms with E-state index in [-0.39, 0.29) is 23.3 Å². The van der Waals surface area contributed by atoms with E-state index in [0.29, 0.717) is 37.6 Å². The largest absolute Gasteiger partial charge is 0.378 e. The summed E-state index contributed by atoms with van der Waals surface area (Å²) >= 11 is 6.24. The van der Waals surface area contributed by atoms with Gasteiger partial charge in [-0.3, -0.25) is 9.59 Å². The van der Waals surface area contributed by atoms with Crippen molar-refractivity contribution < 1.29 is 14.3 Å². The lowest BCUT2D eigenvalue weighted by atomic mass is 10.3. The van der Waals surface area contributed by atoms with Gasteiger partial charge in [0.15, 0.2) is 4.80 Å². The molecule has 0 radical (unpaired) electrons. The number of rotatable bonds is 6. The van der Waals surface area contributed by atoms with Crippen molar-refractivity contribution in [2.24, 2.45) is 4.99 Å². The fraction of sp³-hybridized carbons (Fsp3) is 0.389. The molecule has 1 aromatic carbocycles. The number of allylic oxidation sites excluding steroid dienone is 1. The van der Waals surface area contributed by atoms with E-state index in [1.807, 2.05) is 22.8 Å². The Labute approximate surface area is 174 Å². The smallest absolute Gasteiger partial charge is 0.258 e. The SMILES string of the molecule is C=CCn1c(=NC(=O)CSCC(=O)N2CCOCC2)sc2cc(Br)ccc21. The molecule has 6 nitrogen and oxygen atoms in total. The van der Waals surface area contributed by atoms with Gasteiger partial charge in [-0.1, -0.05) is 33.3 Å². The first-order valence-electron chi connectivity index (χ1n) is 8.49. The molecule has 9 heteroatoms. The van der Waals surface area contributed by atoms with Crippen LogP contribution in [0.25, 0.3) is 10.2 Å². The standard InChI is InChI=1S/C18H20BrN3O3S2/c1-2-5-22-14-4-3-13(19)10-15(14)27-18(22)20-16(23)11-26-12-17(24)21-6-8-25-9-7-21/h2-4,10H,1,5-9,11-12H2. The van der Waals surface area contributed by atoms with Gasteiger partial charge >= 0.3 is 0 Å². The first kappa shape index (κ1) is 20.3. The molecule has 1 saturated heterocycles. The molecule has 0 saturated carbocycles. The normalized spacial score (nSPS) is 15.3. The number of nitrogens with zero attached hydrogens (tertiary/aromatic N) is 3. The van der Waals surface area contributed by atoms with Crippen molar-refractivity contribution in [2.75, 3.05) is 37.8 Å². The van der Waals surface area contributed by atoms with E-state index in [1.54, 1.807) is 11.0 Å². The zero-order chi connectivity index (χ0) is 19.2. The molecule has 2 aromatic rings. The number of fused-ring (bicyclic) bond motifs is 1. The summed E-state index contributed by atoms with van der Waals surface area (Å²) in [5, 5.41) is 0. The van der Waals surface area contributed by atoms with Gasteiger partial charge in [0.2, 0.25) is 5.91 Å². The third kappa shape index (κ3) is 5.31. The van der Waals surface area contributed by atoms with E-state index in [4.69, 9.17) is 4.74 Å². The zero-order valence-electron chi connectivity index (χ0n) is 14.7. The van der Waals surface area contributed by atoms with Gasteiger partial charge in [-0.2, -0.15) is 4.99 Å². The van der Waals surface area contributed by atoms with Crippen molar-refractivity contribution in [2.45, 2.75) is 6.54 Å². The van der Waals surface area contributed by atoms with Gasteiger partial charge in [0.05, 0.1) is 34.9 Å². The molecule has 1 aromatic heterocycles. The Kier molecular flexibility index (Phi) is 7.28. The average Bonchev–Trinajstić information content (AvgIpc) is 2.98. The quantitative estimate of drug-likeness (QED) is 0.610. The first-order valence-corrected chi connectivity index (χ1v) is 11.3. The molecule has 0 atom stereocenters. The van der Waals surface area contributed by atoms with Crippen LogP contribution in [-0.4, -0.2) is 59.1 Å². The third-order valence-electron chi connectivity index (χ3n) is 3.99. The van der Waals surface area contributed by atoms with Crippen LogP contribution in [0.4, 0.5) is 0 Å². The van der Waals surface area contributed by atoms with Gasteiger partial charge in [0.1, 0.15) is 0 Å². The average molecular weight is 470 g/mol. The Bertz CT molecular complexity index is 916. The summed E-state index contributed by atoms with van der Waals surface area (Å²) < 4.78 is 9.25. The number of aromatic nitrogens is 1. The predicted octanol–water partition coefficient (Wildman–Crippen LogP) is 2.67. The number of morpholine rings is 1. The van der Waals surface area contributed by atoms with Gasteiger partial charge in [-0.15, -0.1) is 18.3 Å². The van der Waals surface area contributed by atoms with Crippen molar-refractivity contribution in [3.63, 3.8) is 0 Å². The summed E-state index contributed by atoms with van der Waals surface area (Å²) in [4.78, 5) is 31.1. The summed E-state index contributed by atoms with van der Waals surface area (Å²) in [6.45, 7) is 6.77. The minimum Gasteiger partial charge on any atom is -0.378 e. The number of hydrogen-bond acceptors (Lipinski definition) is 5. The van der Waals surface area contributed by atoms with Gasteiger partial charge in [-0.25, -0.2) is 0 Å². The van der Waals surface area contributed by atoms with E-state index in [1.165, 1.54) is 23.1 Å². The molecule has 1 aliphatic heterocycles. The minimum absolute atomic E-state index is 0.0459. The summed E-state index contributed by atoms with van der Waals surface area (Å²) in [6.07, 6.45) is 1.79. The van der Waals surface area contributed by atoms with E-state index in [9.17, 15) is 9.59 Å². The number of thiazole rings is 1. The van der Waals surface area contributed by atoms with E-state index in [0.717, 1.165) is 14.7 Å². The maximum atomic E-state index is 12.3. The molecule has 1 aliphatic rings. The predicted molar refractivity (Wildman–Crippen MR) is 113 cm³/mol. The third-order valence-corrected chi connectivity index (χ3v) is 6.43. The van der Waals surface area contributed by atoms with Crippen molar-refractivity contribution in [1.82, 2.24) is 9.47 Å². The van der Waals surface area contributed by atoms with Crippen LogP contribution in [0.15, 0.2) is 40.3 Å².